The topological polar surface area (TPSA) is 22.0 Å². The summed E-state index contributed by atoms with van der Waals surface area (Å²) in [4.78, 5) is 12.2. The molecule has 0 aliphatic heterocycles. The van der Waals surface area contributed by atoms with E-state index in [1.165, 1.54) is 12.8 Å². The maximum absolute atomic E-state index is 12.2. The number of para-hydroxylation sites is 1. The second-order valence-electron chi connectivity index (χ2n) is 5.07. The fraction of sp³-hybridized carbons (Fsp3) is 0.400. The molecular formula is C15H16ClNO. The van der Waals surface area contributed by atoms with E-state index >= 15 is 0 Å². The molecule has 2 nitrogen and oxygen atoms in total. The van der Waals surface area contributed by atoms with Crippen molar-refractivity contribution in [1.82, 2.24) is 4.57 Å². The van der Waals surface area contributed by atoms with Crippen LogP contribution in [0.4, 0.5) is 0 Å². The third kappa shape index (κ3) is 2.05. The summed E-state index contributed by atoms with van der Waals surface area (Å²) in [7, 11) is 0. The molecule has 0 amide bonds. The zero-order chi connectivity index (χ0) is 12.5. The number of hydrogen-bond donors (Lipinski definition) is 0. The van der Waals surface area contributed by atoms with Gasteiger partial charge in [-0.2, -0.15) is 0 Å². The predicted octanol–water partition coefficient (Wildman–Crippen LogP) is 4.05. The van der Waals surface area contributed by atoms with Crippen LogP contribution in [0.1, 0.15) is 25.7 Å². The van der Waals surface area contributed by atoms with Crippen LogP contribution in [0.2, 0.25) is 5.02 Å². The first-order chi connectivity index (χ1) is 8.75. The molecule has 0 N–H and O–H groups in total. The first kappa shape index (κ1) is 11.8. The monoisotopic (exact) mass is 261 g/mol. The van der Waals surface area contributed by atoms with Gasteiger partial charge in [0.2, 0.25) is 0 Å². The molecule has 1 heterocycles. The summed E-state index contributed by atoms with van der Waals surface area (Å²) in [5.74, 6) is 0.620. The summed E-state index contributed by atoms with van der Waals surface area (Å²) in [5.41, 5.74) is 1.05. The summed E-state index contributed by atoms with van der Waals surface area (Å²) in [6.07, 6.45) is 6.39. The average Bonchev–Trinajstić information content (AvgIpc) is 3.00. The number of benzene rings is 1. The van der Waals surface area contributed by atoms with Gasteiger partial charge in [0.25, 0.3) is 0 Å². The fourth-order valence-electron chi connectivity index (χ4n) is 2.88. The van der Waals surface area contributed by atoms with Crippen molar-refractivity contribution in [3.8, 4) is 0 Å². The molecule has 3 rings (SSSR count). The van der Waals surface area contributed by atoms with Crippen LogP contribution in [0, 0.1) is 5.92 Å². The van der Waals surface area contributed by atoms with Crippen LogP contribution in [0.25, 0.3) is 10.9 Å². The lowest BCUT2D eigenvalue weighted by molar-refractivity contribution is -0.123. The number of aromatic nitrogens is 1. The van der Waals surface area contributed by atoms with E-state index in [0.29, 0.717) is 12.3 Å². The lowest BCUT2D eigenvalue weighted by Gasteiger charge is -2.09. The van der Waals surface area contributed by atoms with E-state index in [-0.39, 0.29) is 5.92 Å². The number of fused-ring (bicyclic) bond motifs is 1. The van der Waals surface area contributed by atoms with Crippen molar-refractivity contribution in [2.45, 2.75) is 32.2 Å². The Hall–Kier alpha value is -1.28. The Balaban J connectivity index is 1.88. The van der Waals surface area contributed by atoms with Gasteiger partial charge >= 0.3 is 0 Å². The molecule has 1 saturated carbocycles. The summed E-state index contributed by atoms with van der Waals surface area (Å²) < 4.78 is 1.98. The molecule has 3 heteroatoms. The van der Waals surface area contributed by atoms with Crippen molar-refractivity contribution in [2.75, 3.05) is 0 Å². The van der Waals surface area contributed by atoms with Gasteiger partial charge in [0.05, 0.1) is 11.6 Å². The number of hydrogen-bond acceptors (Lipinski definition) is 1. The largest absolute Gasteiger partial charge is 0.338 e. The van der Waals surface area contributed by atoms with Crippen molar-refractivity contribution < 1.29 is 4.79 Å². The molecule has 94 valence electrons. The zero-order valence-electron chi connectivity index (χ0n) is 10.2. The summed E-state index contributed by atoms with van der Waals surface area (Å²) >= 11 is 6.19. The molecule has 0 atom stereocenters. The van der Waals surface area contributed by atoms with Gasteiger partial charge in [-0.25, -0.2) is 0 Å². The Morgan fingerprint density at radius 2 is 2.00 bits per heavy atom. The number of halogens is 1. The van der Waals surface area contributed by atoms with Crippen molar-refractivity contribution >= 4 is 28.3 Å². The second kappa shape index (κ2) is 4.77. The molecule has 0 radical (unpaired) electrons. The lowest BCUT2D eigenvalue weighted by Crippen LogP contribution is -2.17. The Morgan fingerprint density at radius 1 is 1.28 bits per heavy atom. The number of carbonyl (C=O) groups excluding carboxylic acids is 1. The first-order valence-corrected chi connectivity index (χ1v) is 6.89. The summed E-state index contributed by atoms with van der Waals surface area (Å²) in [5, 5.41) is 1.75. The van der Waals surface area contributed by atoms with Gasteiger partial charge in [0.1, 0.15) is 0 Å². The van der Waals surface area contributed by atoms with Crippen molar-refractivity contribution in [3.05, 3.63) is 35.5 Å². The van der Waals surface area contributed by atoms with Crippen LogP contribution < -0.4 is 0 Å². The highest BCUT2D eigenvalue weighted by Crippen LogP contribution is 2.28. The molecule has 0 unspecified atom stereocenters. The molecule has 1 aliphatic carbocycles. The Labute approximate surface area is 112 Å². The summed E-state index contributed by atoms with van der Waals surface area (Å²) in [6.45, 7) is 0.456. The third-order valence-corrected chi connectivity index (χ3v) is 4.18. The van der Waals surface area contributed by atoms with Gasteiger partial charge in [-0.1, -0.05) is 42.6 Å². The maximum Gasteiger partial charge on any atom is 0.155 e. The fourth-order valence-corrected chi connectivity index (χ4v) is 3.16. The van der Waals surface area contributed by atoms with Crippen LogP contribution in [0.5, 0.6) is 0 Å². The highest BCUT2D eigenvalue weighted by Gasteiger charge is 2.23. The van der Waals surface area contributed by atoms with Crippen molar-refractivity contribution in [3.63, 3.8) is 0 Å². The molecule has 0 spiro atoms. The molecule has 2 aromatic rings. The smallest absolute Gasteiger partial charge is 0.155 e. The van der Waals surface area contributed by atoms with Crippen LogP contribution in [-0.4, -0.2) is 10.4 Å². The number of carbonyl (C=O) groups is 1. The van der Waals surface area contributed by atoms with Gasteiger partial charge in [-0.05, 0) is 18.9 Å². The van der Waals surface area contributed by atoms with Gasteiger partial charge in [0, 0.05) is 23.0 Å². The molecule has 1 aromatic heterocycles. The highest BCUT2D eigenvalue weighted by molar-refractivity contribution is 6.35. The van der Waals surface area contributed by atoms with E-state index in [0.717, 1.165) is 28.8 Å². The Bertz CT molecular complexity index is 581. The quantitative estimate of drug-likeness (QED) is 0.817. The predicted molar refractivity (Wildman–Crippen MR) is 73.9 cm³/mol. The van der Waals surface area contributed by atoms with Crippen LogP contribution in [0.3, 0.4) is 0 Å². The molecule has 18 heavy (non-hydrogen) atoms. The van der Waals surface area contributed by atoms with Crippen molar-refractivity contribution in [2.24, 2.45) is 5.92 Å². The Kier molecular flexibility index (Phi) is 3.13. The van der Waals surface area contributed by atoms with Crippen LogP contribution >= 0.6 is 11.6 Å². The standard InChI is InChI=1S/C15H16ClNO/c16-13-9-17(14-8-4-3-7-12(13)14)10-15(18)11-5-1-2-6-11/h3-4,7-9,11H,1-2,5-6,10H2. The van der Waals surface area contributed by atoms with Crippen molar-refractivity contribution in [1.29, 1.82) is 0 Å². The SMILES string of the molecule is O=C(Cn1cc(Cl)c2ccccc21)C1CCCC1. The molecule has 0 bridgehead atoms. The lowest BCUT2D eigenvalue weighted by atomic mass is 10.0. The minimum absolute atomic E-state index is 0.268. The summed E-state index contributed by atoms with van der Waals surface area (Å²) in [6, 6.07) is 7.96. The number of ketones is 1. The van der Waals surface area contributed by atoms with Crippen LogP contribution in [0.15, 0.2) is 30.5 Å². The molecule has 1 fully saturated rings. The number of nitrogens with zero attached hydrogens (tertiary/aromatic N) is 1. The minimum Gasteiger partial charge on any atom is -0.338 e. The number of rotatable bonds is 3. The zero-order valence-corrected chi connectivity index (χ0v) is 11.0. The molecule has 1 aromatic carbocycles. The third-order valence-electron chi connectivity index (χ3n) is 3.88. The van der Waals surface area contributed by atoms with E-state index < -0.39 is 0 Å². The van der Waals surface area contributed by atoms with Crippen LogP contribution in [-0.2, 0) is 11.3 Å². The van der Waals surface area contributed by atoms with E-state index in [1.807, 2.05) is 35.0 Å². The number of Topliss-reactive ketones (excluding diaryl/α,β-unsaturated/α-hetero) is 1. The Morgan fingerprint density at radius 3 is 2.78 bits per heavy atom. The van der Waals surface area contributed by atoms with Gasteiger partial charge in [-0.15, -0.1) is 0 Å². The normalized spacial score (nSPS) is 16.5. The van der Waals surface area contributed by atoms with E-state index in [1.54, 1.807) is 0 Å². The second-order valence-corrected chi connectivity index (χ2v) is 5.48. The first-order valence-electron chi connectivity index (χ1n) is 6.52. The molecular weight excluding hydrogens is 246 g/mol. The van der Waals surface area contributed by atoms with Gasteiger partial charge in [-0.3, -0.25) is 4.79 Å². The van der Waals surface area contributed by atoms with Gasteiger partial charge in [0.15, 0.2) is 5.78 Å². The van der Waals surface area contributed by atoms with E-state index in [2.05, 4.69) is 0 Å². The molecule has 1 aliphatic rings. The van der Waals surface area contributed by atoms with E-state index in [9.17, 15) is 4.79 Å². The van der Waals surface area contributed by atoms with E-state index in [4.69, 9.17) is 11.6 Å². The van der Waals surface area contributed by atoms with Gasteiger partial charge < -0.3 is 4.57 Å². The average molecular weight is 262 g/mol. The molecule has 0 saturated heterocycles. The minimum atomic E-state index is 0.268. The highest BCUT2D eigenvalue weighted by atomic mass is 35.5. The maximum atomic E-state index is 12.2.